The molecule has 1 aromatic rings. The van der Waals surface area contributed by atoms with Gasteiger partial charge < -0.3 is 15.8 Å². The van der Waals surface area contributed by atoms with E-state index in [9.17, 15) is 9.18 Å². The van der Waals surface area contributed by atoms with Gasteiger partial charge >= 0.3 is 0 Å². The summed E-state index contributed by atoms with van der Waals surface area (Å²) < 4.78 is 18.2. The lowest BCUT2D eigenvalue weighted by Crippen LogP contribution is -2.31. The fourth-order valence-electron chi connectivity index (χ4n) is 2.10. The summed E-state index contributed by atoms with van der Waals surface area (Å²) in [4.78, 5) is 12.0. The Kier molecular flexibility index (Phi) is 4.04. The molecule has 104 valence electrons. The average molecular weight is 266 g/mol. The number of ether oxygens (including phenoxy) is 1. The number of nitrogens with two attached hydrogens (primary N) is 1. The van der Waals surface area contributed by atoms with Gasteiger partial charge in [-0.2, -0.15) is 0 Å². The Balaban J connectivity index is 1.93. The molecule has 1 aromatic carbocycles. The summed E-state index contributed by atoms with van der Waals surface area (Å²) in [6, 6.07) is 3.81. The minimum Gasteiger partial charge on any atom is -0.398 e. The van der Waals surface area contributed by atoms with Crippen molar-refractivity contribution in [3.8, 4) is 0 Å². The van der Waals surface area contributed by atoms with E-state index < -0.39 is 5.82 Å². The average Bonchev–Trinajstić information content (AvgIpc) is 3.17. The summed E-state index contributed by atoms with van der Waals surface area (Å²) in [5.41, 5.74) is 6.33. The van der Waals surface area contributed by atoms with E-state index in [-0.39, 0.29) is 16.9 Å². The van der Waals surface area contributed by atoms with Crippen LogP contribution in [-0.4, -0.2) is 26.2 Å². The topological polar surface area (TPSA) is 64.3 Å². The second-order valence-corrected chi connectivity index (χ2v) is 5.16. The van der Waals surface area contributed by atoms with Crippen LogP contribution in [0.15, 0.2) is 18.2 Å². The van der Waals surface area contributed by atoms with Crippen molar-refractivity contribution in [3.05, 3.63) is 29.6 Å². The molecule has 19 heavy (non-hydrogen) atoms. The van der Waals surface area contributed by atoms with E-state index in [0.717, 1.165) is 19.3 Å². The third-order valence-electron chi connectivity index (χ3n) is 3.68. The van der Waals surface area contributed by atoms with Gasteiger partial charge in [0, 0.05) is 25.9 Å². The highest BCUT2D eigenvalue weighted by atomic mass is 19.1. The monoisotopic (exact) mass is 266 g/mol. The molecule has 0 aliphatic heterocycles. The molecule has 0 spiro atoms. The van der Waals surface area contributed by atoms with Gasteiger partial charge in [0.15, 0.2) is 0 Å². The normalized spacial score (nSPS) is 16.1. The van der Waals surface area contributed by atoms with Crippen molar-refractivity contribution in [1.29, 1.82) is 0 Å². The maximum Gasteiger partial charge on any atom is 0.253 e. The Morgan fingerprint density at radius 2 is 2.26 bits per heavy atom. The molecule has 0 atom stereocenters. The number of carbonyl (C=O) groups excluding carboxylic acids is 1. The molecule has 1 amide bonds. The zero-order valence-corrected chi connectivity index (χ0v) is 11.0. The molecule has 0 radical (unpaired) electrons. The largest absolute Gasteiger partial charge is 0.398 e. The van der Waals surface area contributed by atoms with Crippen LogP contribution >= 0.6 is 0 Å². The molecule has 1 aliphatic carbocycles. The van der Waals surface area contributed by atoms with Crippen molar-refractivity contribution >= 4 is 11.6 Å². The molecule has 4 nitrogen and oxygen atoms in total. The SMILES string of the molecule is COCCC1(CNC(=O)c2cc(F)ccc2N)CC1. The van der Waals surface area contributed by atoms with Gasteiger partial charge in [-0.25, -0.2) is 4.39 Å². The highest BCUT2D eigenvalue weighted by Crippen LogP contribution is 2.48. The fourth-order valence-corrected chi connectivity index (χ4v) is 2.10. The summed E-state index contributed by atoms with van der Waals surface area (Å²) in [5, 5.41) is 2.84. The van der Waals surface area contributed by atoms with Crippen LogP contribution in [0.4, 0.5) is 10.1 Å². The minimum absolute atomic E-state index is 0.160. The molecular weight excluding hydrogens is 247 g/mol. The Morgan fingerprint density at radius 1 is 1.53 bits per heavy atom. The summed E-state index contributed by atoms with van der Waals surface area (Å²) in [5.74, 6) is -0.777. The molecular formula is C14H19FN2O2. The third-order valence-corrected chi connectivity index (χ3v) is 3.68. The van der Waals surface area contributed by atoms with Gasteiger partial charge in [0.2, 0.25) is 0 Å². The molecule has 1 aliphatic rings. The second kappa shape index (κ2) is 5.57. The van der Waals surface area contributed by atoms with Crippen LogP contribution in [0.3, 0.4) is 0 Å². The number of nitrogen functional groups attached to an aromatic ring is 1. The lowest BCUT2D eigenvalue weighted by Gasteiger charge is -2.16. The molecule has 0 bridgehead atoms. The predicted molar refractivity (Wildman–Crippen MR) is 71.3 cm³/mol. The standard InChI is InChI=1S/C14H19FN2O2/c1-19-7-6-14(4-5-14)9-17-13(18)11-8-10(15)2-3-12(11)16/h2-3,8H,4-7,9,16H2,1H3,(H,17,18). The first-order valence-corrected chi connectivity index (χ1v) is 6.38. The Labute approximate surface area is 112 Å². The molecule has 2 rings (SSSR count). The molecule has 0 unspecified atom stereocenters. The van der Waals surface area contributed by atoms with E-state index in [2.05, 4.69) is 5.32 Å². The first kappa shape index (κ1) is 13.8. The Hall–Kier alpha value is -1.62. The fraction of sp³-hybridized carbons (Fsp3) is 0.500. The lowest BCUT2D eigenvalue weighted by molar-refractivity contribution is 0.0938. The first-order chi connectivity index (χ1) is 9.06. The van der Waals surface area contributed by atoms with Crippen LogP contribution in [0.25, 0.3) is 0 Å². The number of benzene rings is 1. The molecule has 1 fully saturated rings. The highest BCUT2D eigenvalue weighted by molar-refractivity contribution is 5.99. The predicted octanol–water partition coefficient (Wildman–Crippen LogP) is 1.95. The quantitative estimate of drug-likeness (QED) is 0.774. The van der Waals surface area contributed by atoms with Gasteiger partial charge in [0.05, 0.1) is 5.56 Å². The number of hydrogen-bond acceptors (Lipinski definition) is 3. The van der Waals surface area contributed by atoms with E-state index in [1.165, 1.54) is 18.2 Å². The molecule has 3 N–H and O–H groups in total. The van der Waals surface area contributed by atoms with Crippen LogP contribution < -0.4 is 11.1 Å². The van der Waals surface area contributed by atoms with Crippen molar-refractivity contribution in [2.75, 3.05) is 26.0 Å². The first-order valence-electron chi connectivity index (χ1n) is 6.38. The maximum absolute atomic E-state index is 13.1. The lowest BCUT2D eigenvalue weighted by atomic mass is 10.0. The van der Waals surface area contributed by atoms with Crippen molar-refractivity contribution in [1.82, 2.24) is 5.32 Å². The summed E-state index contributed by atoms with van der Waals surface area (Å²) >= 11 is 0. The van der Waals surface area contributed by atoms with Gasteiger partial charge in [-0.15, -0.1) is 0 Å². The van der Waals surface area contributed by atoms with E-state index in [1.54, 1.807) is 7.11 Å². The van der Waals surface area contributed by atoms with E-state index >= 15 is 0 Å². The molecule has 1 saturated carbocycles. The van der Waals surface area contributed by atoms with Crippen LogP contribution in [0.1, 0.15) is 29.6 Å². The minimum atomic E-state index is -0.458. The van der Waals surface area contributed by atoms with Crippen LogP contribution in [-0.2, 0) is 4.74 Å². The molecule has 0 aromatic heterocycles. The number of carbonyl (C=O) groups is 1. The molecule has 0 heterocycles. The van der Waals surface area contributed by atoms with E-state index in [4.69, 9.17) is 10.5 Å². The number of hydrogen-bond donors (Lipinski definition) is 2. The van der Waals surface area contributed by atoms with Crippen molar-refractivity contribution in [3.63, 3.8) is 0 Å². The number of amides is 1. The van der Waals surface area contributed by atoms with Crippen molar-refractivity contribution < 1.29 is 13.9 Å². The number of rotatable bonds is 6. The second-order valence-electron chi connectivity index (χ2n) is 5.16. The molecule has 0 saturated heterocycles. The Morgan fingerprint density at radius 3 is 2.89 bits per heavy atom. The van der Waals surface area contributed by atoms with E-state index in [0.29, 0.717) is 18.8 Å². The smallest absolute Gasteiger partial charge is 0.253 e. The molecule has 5 heteroatoms. The van der Waals surface area contributed by atoms with Gasteiger partial charge in [-0.3, -0.25) is 4.79 Å². The van der Waals surface area contributed by atoms with Gasteiger partial charge in [-0.05, 0) is 42.9 Å². The third kappa shape index (κ3) is 3.44. The van der Waals surface area contributed by atoms with Crippen molar-refractivity contribution in [2.24, 2.45) is 5.41 Å². The Bertz CT molecular complexity index is 473. The van der Waals surface area contributed by atoms with E-state index in [1.807, 2.05) is 0 Å². The highest BCUT2D eigenvalue weighted by Gasteiger charge is 2.42. The van der Waals surface area contributed by atoms with Gasteiger partial charge in [-0.1, -0.05) is 0 Å². The number of nitrogens with one attached hydrogen (secondary N) is 1. The number of halogens is 1. The van der Waals surface area contributed by atoms with Crippen LogP contribution in [0.5, 0.6) is 0 Å². The van der Waals surface area contributed by atoms with Gasteiger partial charge in [0.25, 0.3) is 5.91 Å². The van der Waals surface area contributed by atoms with Crippen LogP contribution in [0.2, 0.25) is 0 Å². The van der Waals surface area contributed by atoms with Gasteiger partial charge in [0.1, 0.15) is 5.82 Å². The van der Waals surface area contributed by atoms with Crippen molar-refractivity contribution in [2.45, 2.75) is 19.3 Å². The summed E-state index contributed by atoms with van der Waals surface area (Å²) in [6.07, 6.45) is 3.12. The van der Waals surface area contributed by atoms with Crippen LogP contribution in [0, 0.1) is 11.2 Å². The number of methoxy groups -OCH3 is 1. The zero-order valence-electron chi connectivity index (χ0n) is 11.0. The number of anilines is 1. The zero-order chi connectivity index (χ0) is 13.9. The maximum atomic E-state index is 13.1. The summed E-state index contributed by atoms with van der Waals surface area (Å²) in [6.45, 7) is 1.28. The summed E-state index contributed by atoms with van der Waals surface area (Å²) in [7, 11) is 1.67.